The van der Waals surface area contributed by atoms with Gasteiger partial charge in [-0.25, -0.2) is 4.39 Å². The molecule has 0 spiro atoms. The van der Waals surface area contributed by atoms with Crippen molar-refractivity contribution in [3.63, 3.8) is 0 Å². The summed E-state index contributed by atoms with van der Waals surface area (Å²) in [6.07, 6.45) is -0.209. The molecule has 2 aromatic rings. The molecule has 1 fully saturated rings. The minimum absolute atomic E-state index is 0.0258. The molecule has 1 aliphatic rings. The third-order valence-electron chi connectivity index (χ3n) is 4.21. The number of rotatable bonds is 2. The second-order valence-corrected chi connectivity index (χ2v) is 5.98. The SMILES string of the molecule is Cc1ccc(C(=O)N2CCOC(c3ccc(F)cc3)C2)c(C)c1. The zero-order valence-corrected chi connectivity index (χ0v) is 13.4. The van der Waals surface area contributed by atoms with Crippen LogP contribution in [0.2, 0.25) is 0 Å². The Hall–Kier alpha value is -2.20. The standard InChI is InChI=1S/C19H20FNO2/c1-13-3-8-17(14(2)11-13)19(22)21-9-10-23-18(12-21)15-4-6-16(20)7-5-15/h3-8,11,18H,9-10,12H2,1-2H3. The fourth-order valence-electron chi connectivity index (χ4n) is 2.94. The van der Waals surface area contributed by atoms with Gasteiger partial charge in [0, 0.05) is 12.1 Å². The summed E-state index contributed by atoms with van der Waals surface area (Å²) in [5.74, 6) is -0.245. The van der Waals surface area contributed by atoms with Crippen molar-refractivity contribution in [2.75, 3.05) is 19.7 Å². The number of carbonyl (C=O) groups is 1. The Morgan fingerprint density at radius 2 is 1.91 bits per heavy atom. The summed E-state index contributed by atoms with van der Waals surface area (Å²) in [7, 11) is 0. The maximum Gasteiger partial charge on any atom is 0.254 e. The molecular formula is C19H20FNO2. The zero-order chi connectivity index (χ0) is 16.4. The summed E-state index contributed by atoms with van der Waals surface area (Å²) in [6, 6.07) is 12.1. The number of aryl methyl sites for hydroxylation is 2. The Morgan fingerprint density at radius 3 is 2.61 bits per heavy atom. The molecule has 0 bridgehead atoms. The van der Waals surface area contributed by atoms with E-state index >= 15 is 0 Å². The molecule has 120 valence electrons. The lowest BCUT2D eigenvalue weighted by Crippen LogP contribution is -2.42. The van der Waals surface area contributed by atoms with E-state index in [2.05, 4.69) is 0 Å². The number of hydrogen-bond acceptors (Lipinski definition) is 2. The molecule has 1 amide bonds. The summed E-state index contributed by atoms with van der Waals surface area (Å²) in [5, 5.41) is 0. The molecular weight excluding hydrogens is 293 g/mol. The predicted octanol–water partition coefficient (Wildman–Crippen LogP) is 3.66. The molecule has 23 heavy (non-hydrogen) atoms. The van der Waals surface area contributed by atoms with Gasteiger partial charge in [0.2, 0.25) is 0 Å². The summed E-state index contributed by atoms with van der Waals surface area (Å²) in [6.45, 7) is 5.51. The van der Waals surface area contributed by atoms with E-state index in [0.29, 0.717) is 19.7 Å². The second-order valence-electron chi connectivity index (χ2n) is 5.98. The Balaban J connectivity index is 1.77. The van der Waals surface area contributed by atoms with E-state index in [9.17, 15) is 9.18 Å². The first-order valence-electron chi connectivity index (χ1n) is 7.78. The molecule has 1 atom stereocenters. The normalized spacial score (nSPS) is 18.0. The van der Waals surface area contributed by atoms with Gasteiger partial charge in [-0.15, -0.1) is 0 Å². The third kappa shape index (κ3) is 3.42. The molecule has 0 saturated carbocycles. The number of amides is 1. The third-order valence-corrected chi connectivity index (χ3v) is 4.21. The van der Waals surface area contributed by atoms with Crippen LogP contribution in [0, 0.1) is 19.7 Å². The van der Waals surface area contributed by atoms with Crippen molar-refractivity contribution in [1.29, 1.82) is 0 Å². The highest BCUT2D eigenvalue weighted by molar-refractivity contribution is 5.95. The van der Waals surface area contributed by atoms with Crippen LogP contribution in [0.3, 0.4) is 0 Å². The zero-order valence-electron chi connectivity index (χ0n) is 13.4. The molecule has 4 heteroatoms. The van der Waals surface area contributed by atoms with E-state index in [4.69, 9.17) is 4.74 Å². The summed E-state index contributed by atoms with van der Waals surface area (Å²) < 4.78 is 18.8. The lowest BCUT2D eigenvalue weighted by Gasteiger charge is -2.33. The van der Waals surface area contributed by atoms with Crippen molar-refractivity contribution in [3.8, 4) is 0 Å². The highest BCUT2D eigenvalue weighted by Crippen LogP contribution is 2.24. The van der Waals surface area contributed by atoms with Gasteiger partial charge in [-0.3, -0.25) is 4.79 Å². The van der Waals surface area contributed by atoms with Crippen LogP contribution in [0.1, 0.15) is 33.2 Å². The quantitative estimate of drug-likeness (QED) is 0.847. The van der Waals surface area contributed by atoms with Gasteiger partial charge in [-0.05, 0) is 43.2 Å². The van der Waals surface area contributed by atoms with Gasteiger partial charge in [-0.2, -0.15) is 0 Å². The molecule has 1 heterocycles. The first-order chi connectivity index (χ1) is 11.0. The van der Waals surface area contributed by atoms with E-state index in [-0.39, 0.29) is 17.8 Å². The molecule has 0 aliphatic carbocycles. The van der Waals surface area contributed by atoms with Crippen molar-refractivity contribution >= 4 is 5.91 Å². The van der Waals surface area contributed by atoms with Crippen molar-refractivity contribution < 1.29 is 13.9 Å². The maximum absolute atomic E-state index is 13.1. The minimum atomic E-state index is -0.271. The van der Waals surface area contributed by atoms with Crippen molar-refractivity contribution in [3.05, 3.63) is 70.5 Å². The molecule has 1 saturated heterocycles. The Labute approximate surface area is 135 Å². The predicted molar refractivity (Wildman–Crippen MR) is 86.9 cm³/mol. The van der Waals surface area contributed by atoms with E-state index < -0.39 is 0 Å². The van der Waals surface area contributed by atoms with Gasteiger partial charge in [0.15, 0.2) is 0 Å². The van der Waals surface area contributed by atoms with Crippen LogP contribution in [0.25, 0.3) is 0 Å². The summed E-state index contributed by atoms with van der Waals surface area (Å²) in [5.41, 5.74) is 3.75. The minimum Gasteiger partial charge on any atom is -0.370 e. The van der Waals surface area contributed by atoms with Crippen LogP contribution < -0.4 is 0 Å². The molecule has 3 rings (SSSR count). The Morgan fingerprint density at radius 1 is 1.17 bits per heavy atom. The van der Waals surface area contributed by atoms with Gasteiger partial charge in [0.25, 0.3) is 5.91 Å². The monoisotopic (exact) mass is 313 g/mol. The van der Waals surface area contributed by atoms with Gasteiger partial charge < -0.3 is 9.64 Å². The number of benzene rings is 2. The highest BCUT2D eigenvalue weighted by atomic mass is 19.1. The number of morpholine rings is 1. The van der Waals surface area contributed by atoms with Crippen molar-refractivity contribution in [1.82, 2.24) is 4.90 Å². The van der Waals surface area contributed by atoms with Crippen LogP contribution in [0.5, 0.6) is 0 Å². The lowest BCUT2D eigenvalue weighted by atomic mass is 10.0. The number of hydrogen-bond donors (Lipinski definition) is 0. The number of ether oxygens (including phenoxy) is 1. The number of halogens is 1. The average molecular weight is 313 g/mol. The number of carbonyl (C=O) groups excluding carboxylic acids is 1. The second kappa shape index (κ2) is 6.50. The topological polar surface area (TPSA) is 29.5 Å². The maximum atomic E-state index is 13.1. The average Bonchev–Trinajstić information content (AvgIpc) is 2.55. The first kappa shape index (κ1) is 15.7. The highest BCUT2D eigenvalue weighted by Gasteiger charge is 2.26. The van der Waals surface area contributed by atoms with E-state index in [1.165, 1.54) is 12.1 Å². The molecule has 0 aromatic heterocycles. The van der Waals surface area contributed by atoms with E-state index in [1.807, 2.05) is 36.9 Å². The van der Waals surface area contributed by atoms with Crippen LogP contribution in [-0.4, -0.2) is 30.5 Å². The summed E-state index contributed by atoms with van der Waals surface area (Å²) >= 11 is 0. The lowest BCUT2D eigenvalue weighted by molar-refractivity contribution is -0.0228. The van der Waals surface area contributed by atoms with E-state index in [1.54, 1.807) is 12.1 Å². The molecule has 3 nitrogen and oxygen atoms in total. The summed E-state index contributed by atoms with van der Waals surface area (Å²) in [4.78, 5) is 14.6. The molecule has 1 aliphatic heterocycles. The molecule has 2 aromatic carbocycles. The van der Waals surface area contributed by atoms with E-state index in [0.717, 1.165) is 22.3 Å². The molecule has 0 radical (unpaired) electrons. The fourth-order valence-corrected chi connectivity index (χ4v) is 2.94. The number of nitrogens with zero attached hydrogens (tertiary/aromatic N) is 1. The molecule has 1 unspecified atom stereocenters. The smallest absolute Gasteiger partial charge is 0.254 e. The van der Waals surface area contributed by atoms with Gasteiger partial charge in [0.1, 0.15) is 11.9 Å². The van der Waals surface area contributed by atoms with Gasteiger partial charge in [-0.1, -0.05) is 29.8 Å². The first-order valence-corrected chi connectivity index (χ1v) is 7.78. The molecule has 0 N–H and O–H groups in total. The Bertz CT molecular complexity index is 712. The van der Waals surface area contributed by atoms with Gasteiger partial charge in [0.05, 0.1) is 13.2 Å². The van der Waals surface area contributed by atoms with Crippen LogP contribution in [0.15, 0.2) is 42.5 Å². The largest absolute Gasteiger partial charge is 0.370 e. The van der Waals surface area contributed by atoms with Crippen molar-refractivity contribution in [2.45, 2.75) is 20.0 Å². The fraction of sp³-hybridized carbons (Fsp3) is 0.316. The van der Waals surface area contributed by atoms with Crippen LogP contribution in [-0.2, 0) is 4.74 Å². The van der Waals surface area contributed by atoms with Crippen LogP contribution >= 0.6 is 0 Å². The van der Waals surface area contributed by atoms with Gasteiger partial charge >= 0.3 is 0 Å². The van der Waals surface area contributed by atoms with Crippen LogP contribution in [0.4, 0.5) is 4.39 Å². The van der Waals surface area contributed by atoms with Crippen molar-refractivity contribution in [2.24, 2.45) is 0 Å². The Kier molecular flexibility index (Phi) is 4.44.